The number of carbonyl (C=O) groups is 2. The number of amides is 2. The van der Waals surface area contributed by atoms with Gasteiger partial charge in [0.1, 0.15) is 12.2 Å². The standard InChI is InChI=1S/C21H23BrN4O2S/c1-3-26-20(28)18(23(2)21(26)29)10-14-12-25(13-19(27)24-8-4-5-9-24)17-7-6-15(22)11-16(14)17/h6-7,10-12H,3-5,8-9,13H2,1-2H3/b18-10-. The summed E-state index contributed by atoms with van der Waals surface area (Å²) in [5, 5.41) is 1.50. The Hall–Kier alpha value is -2.19. The molecule has 0 spiro atoms. The minimum Gasteiger partial charge on any atom is -0.341 e. The van der Waals surface area contributed by atoms with Gasteiger partial charge in [0.15, 0.2) is 5.11 Å². The molecule has 8 heteroatoms. The molecule has 2 aliphatic heterocycles. The van der Waals surface area contributed by atoms with Crippen LogP contribution in [0.15, 0.2) is 34.6 Å². The van der Waals surface area contributed by atoms with E-state index in [0.29, 0.717) is 23.9 Å². The fourth-order valence-electron chi connectivity index (χ4n) is 3.99. The lowest BCUT2D eigenvalue weighted by Crippen LogP contribution is -2.30. The van der Waals surface area contributed by atoms with Gasteiger partial charge in [0, 0.05) is 53.8 Å². The average Bonchev–Trinajstić information content (AvgIpc) is 3.38. The van der Waals surface area contributed by atoms with Crippen molar-refractivity contribution in [1.82, 2.24) is 19.3 Å². The molecule has 0 radical (unpaired) electrons. The highest BCUT2D eigenvalue weighted by Crippen LogP contribution is 2.29. The van der Waals surface area contributed by atoms with Gasteiger partial charge in [-0.1, -0.05) is 15.9 Å². The number of nitrogens with zero attached hydrogens (tertiary/aromatic N) is 4. The molecule has 1 aromatic carbocycles. The Bertz CT molecular complexity index is 1040. The number of benzene rings is 1. The summed E-state index contributed by atoms with van der Waals surface area (Å²) in [5.74, 6) is 0.0398. The highest BCUT2D eigenvalue weighted by Gasteiger charge is 2.34. The fourth-order valence-corrected chi connectivity index (χ4v) is 4.66. The third-order valence-corrected chi connectivity index (χ3v) is 6.58. The largest absolute Gasteiger partial charge is 0.341 e. The van der Waals surface area contributed by atoms with Crippen LogP contribution in [0.1, 0.15) is 25.3 Å². The number of halogens is 1. The number of likely N-dealkylation sites (tertiary alicyclic amines) is 1. The first-order valence-corrected chi connectivity index (χ1v) is 11.0. The number of likely N-dealkylation sites (N-methyl/N-ethyl adjacent to an activating group) is 2. The summed E-state index contributed by atoms with van der Waals surface area (Å²) in [7, 11) is 1.81. The second-order valence-electron chi connectivity index (χ2n) is 7.38. The van der Waals surface area contributed by atoms with Crippen molar-refractivity contribution in [3.63, 3.8) is 0 Å². The summed E-state index contributed by atoms with van der Waals surface area (Å²) in [5.41, 5.74) is 2.41. The second kappa shape index (κ2) is 7.91. The Morgan fingerprint density at radius 3 is 2.66 bits per heavy atom. The molecule has 2 fully saturated rings. The van der Waals surface area contributed by atoms with Crippen molar-refractivity contribution in [2.24, 2.45) is 0 Å². The van der Waals surface area contributed by atoms with Crippen LogP contribution in [0.4, 0.5) is 0 Å². The molecule has 6 nitrogen and oxygen atoms in total. The summed E-state index contributed by atoms with van der Waals surface area (Å²) in [6.45, 7) is 4.42. The van der Waals surface area contributed by atoms with Gasteiger partial charge in [0.25, 0.3) is 5.91 Å². The van der Waals surface area contributed by atoms with E-state index < -0.39 is 0 Å². The fraction of sp³-hybridized carbons (Fsp3) is 0.381. The average molecular weight is 475 g/mol. The number of hydrogen-bond donors (Lipinski definition) is 0. The van der Waals surface area contributed by atoms with Crippen LogP contribution < -0.4 is 0 Å². The van der Waals surface area contributed by atoms with E-state index in [9.17, 15) is 9.59 Å². The van der Waals surface area contributed by atoms with Gasteiger partial charge >= 0.3 is 0 Å². The first-order valence-electron chi connectivity index (χ1n) is 9.78. The molecular formula is C21H23BrN4O2S. The molecule has 2 saturated heterocycles. The number of fused-ring (bicyclic) bond motifs is 1. The Morgan fingerprint density at radius 2 is 2.00 bits per heavy atom. The highest BCUT2D eigenvalue weighted by atomic mass is 79.9. The van der Waals surface area contributed by atoms with Crippen molar-refractivity contribution in [1.29, 1.82) is 0 Å². The lowest BCUT2D eigenvalue weighted by atomic mass is 10.1. The van der Waals surface area contributed by atoms with E-state index in [-0.39, 0.29) is 11.8 Å². The van der Waals surface area contributed by atoms with Crippen molar-refractivity contribution in [3.8, 4) is 0 Å². The van der Waals surface area contributed by atoms with Crippen LogP contribution in [0.3, 0.4) is 0 Å². The zero-order valence-electron chi connectivity index (χ0n) is 16.5. The second-order valence-corrected chi connectivity index (χ2v) is 8.66. The summed E-state index contributed by atoms with van der Waals surface area (Å²) < 4.78 is 2.93. The van der Waals surface area contributed by atoms with E-state index in [2.05, 4.69) is 15.9 Å². The van der Waals surface area contributed by atoms with Crippen LogP contribution in [0.5, 0.6) is 0 Å². The molecule has 0 unspecified atom stereocenters. The number of thiocarbonyl (C=S) groups is 1. The number of hydrogen-bond acceptors (Lipinski definition) is 3. The lowest BCUT2D eigenvalue weighted by Gasteiger charge is -2.16. The maximum absolute atomic E-state index is 12.8. The van der Waals surface area contributed by atoms with Gasteiger partial charge in [-0.05, 0) is 56.3 Å². The van der Waals surface area contributed by atoms with Gasteiger partial charge in [-0.25, -0.2) is 0 Å². The molecule has 29 heavy (non-hydrogen) atoms. The van der Waals surface area contributed by atoms with Gasteiger partial charge in [-0.2, -0.15) is 0 Å². The predicted octanol–water partition coefficient (Wildman–Crippen LogP) is 3.45. The first kappa shape index (κ1) is 20.1. The zero-order valence-corrected chi connectivity index (χ0v) is 18.9. The molecule has 0 bridgehead atoms. The molecule has 0 saturated carbocycles. The maximum atomic E-state index is 12.8. The third-order valence-electron chi connectivity index (χ3n) is 5.59. The number of rotatable bonds is 4. The molecule has 152 valence electrons. The summed E-state index contributed by atoms with van der Waals surface area (Å²) in [6.07, 6.45) is 5.97. The quantitative estimate of drug-likeness (QED) is 0.502. The van der Waals surface area contributed by atoms with E-state index in [1.807, 2.05) is 53.9 Å². The van der Waals surface area contributed by atoms with Crippen molar-refractivity contribution >= 4 is 62.1 Å². The van der Waals surface area contributed by atoms with Crippen LogP contribution in [0.25, 0.3) is 17.0 Å². The SMILES string of the molecule is CCN1C(=O)/C(=C/c2cn(CC(=O)N3CCCC3)c3ccc(Br)cc23)N(C)C1=S. The normalized spacial score (nSPS) is 18.7. The molecule has 2 aromatic rings. The van der Waals surface area contributed by atoms with E-state index in [0.717, 1.165) is 46.9 Å². The topological polar surface area (TPSA) is 48.8 Å². The highest BCUT2D eigenvalue weighted by molar-refractivity contribution is 9.10. The number of aromatic nitrogens is 1. The smallest absolute Gasteiger partial charge is 0.276 e. The van der Waals surface area contributed by atoms with Gasteiger partial charge in [-0.3, -0.25) is 14.5 Å². The van der Waals surface area contributed by atoms with Crippen molar-refractivity contribution in [2.45, 2.75) is 26.3 Å². The van der Waals surface area contributed by atoms with Gasteiger partial charge in [0.2, 0.25) is 5.91 Å². The maximum Gasteiger partial charge on any atom is 0.276 e. The van der Waals surface area contributed by atoms with E-state index in [1.165, 1.54) is 0 Å². The monoisotopic (exact) mass is 474 g/mol. The van der Waals surface area contributed by atoms with E-state index >= 15 is 0 Å². The molecule has 2 aliphatic rings. The van der Waals surface area contributed by atoms with Crippen LogP contribution in [0.2, 0.25) is 0 Å². The van der Waals surface area contributed by atoms with Gasteiger partial charge in [0.05, 0.1) is 0 Å². The van der Waals surface area contributed by atoms with Crippen molar-refractivity contribution < 1.29 is 9.59 Å². The summed E-state index contributed by atoms with van der Waals surface area (Å²) in [4.78, 5) is 30.7. The van der Waals surface area contributed by atoms with Crippen molar-refractivity contribution in [3.05, 3.63) is 40.1 Å². The molecule has 0 N–H and O–H groups in total. The molecule has 0 aliphatic carbocycles. The molecule has 0 atom stereocenters. The molecule has 4 rings (SSSR count). The number of carbonyl (C=O) groups excluding carboxylic acids is 2. The zero-order chi connectivity index (χ0) is 20.7. The van der Waals surface area contributed by atoms with Gasteiger partial charge in [-0.15, -0.1) is 0 Å². The van der Waals surface area contributed by atoms with Crippen LogP contribution in [-0.2, 0) is 16.1 Å². The Balaban J connectivity index is 1.75. The summed E-state index contributed by atoms with van der Waals surface area (Å²) >= 11 is 8.94. The minimum atomic E-state index is -0.0935. The Morgan fingerprint density at radius 1 is 1.28 bits per heavy atom. The molecular weight excluding hydrogens is 452 g/mol. The predicted molar refractivity (Wildman–Crippen MR) is 121 cm³/mol. The molecule has 3 heterocycles. The Kier molecular flexibility index (Phi) is 5.48. The van der Waals surface area contributed by atoms with Crippen LogP contribution in [0, 0.1) is 0 Å². The van der Waals surface area contributed by atoms with Crippen LogP contribution in [-0.4, -0.2) is 62.9 Å². The van der Waals surface area contributed by atoms with Gasteiger partial charge < -0.3 is 14.4 Å². The summed E-state index contributed by atoms with van der Waals surface area (Å²) in [6, 6.07) is 5.99. The first-order chi connectivity index (χ1) is 13.9. The van der Waals surface area contributed by atoms with Crippen molar-refractivity contribution in [2.75, 3.05) is 26.7 Å². The lowest BCUT2D eigenvalue weighted by molar-refractivity contribution is -0.130. The van der Waals surface area contributed by atoms with E-state index in [1.54, 1.807) is 9.80 Å². The molecule has 1 aromatic heterocycles. The third kappa shape index (κ3) is 3.59. The molecule has 2 amide bonds. The minimum absolute atomic E-state index is 0.0935. The van der Waals surface area contributed by atoms with E-state index in [4.69, 9.17) is 12.2 Å². The Labute approximate surface area is 183 Å². The van der Waals surface area contributed by atoms with Crippen LogP contribution >= 0.6 is 28.1 Å².